The maximum absolute atomic E-state index is 4.66. The third-order valence-corrected chi connectivity index (χ3v) is 2.48. The number of benzene rings is 1. The van der Waals surface area contributed by atoms with Crippen LogP contribution in [0.4, 0.5) is 0 Å². The molecule has 0 spiro atoms. The first-order valence-electron chi connectivity index (χ1n) is 5.25. The SMILES string of the molecule is CC1=NC(C)(C)CN=C1c1ccccc1. The minimum Gasteiger partial charge on any atom is -0.280 e. The fraction of sp³-hybridized carbons (Fsp3) is 0.385. The highest BCUT2D eigenvalue weighted by Crippen LogP contribution is 2.17. The lowest BCUT2D eigenvalue weighted by Gasteiger charge is -2.24. The zero-order chi connectivity index (χ0) is 10.9. The van der Waals surface area contributed by atoms with Crippen molar-refractivity contribution < 1.29 is 0 Å². The van der Waals surface area contributed by atoms with Gasteiger partial charge in [0.05, 0.1) is 23.5 Å². The van der Waals surface area contributed by atoms with Gasteiger partial charge in [-0.2, -0.15) is 0 Å². The summed E-state index contributed by atoms with van der Waals surface area (Å²) in [7, 11) is 0. The highest BCUT2D eigenvalue weighted by Gasteiger charge is 2.22. The molecule has 0 amide bonds. The molecule has 0 aliphatic carbocycles. The first-order valence-corrected chi connectivity index (χ1v) is 5.25. The van der Waals surface area contributed by atoms with Gasteiger partial charge in [-0.1, -0.05) is 30.3 Å². The molecule has 0 unspecified atom stereocenters. The van der Waals surface area contributed by atoms with Crippen molar-refractivity contribution in [3.63, 3.8) is 0 Å². The molecule has 2 rings (SSSR count). The smallest absolute Gasteiger partial charge is 0.0855 e. The lowest BCUT2D eigenvalue weighted by molar-refractivity contribution is 0.533. The summed E-state index contributed by atoms with van der Waals surface area (Å²) in [6, 6.07) is 10.2. The Hall–Kier alpha value is -1.44. The molecule has 0 N–H and O–H groups in total. The van der Waals surface area contributed by atoms with Crippen LogP contribution in [0.3, 0.4) is 0 Å². The fourth-order valence-corrected chi connectivity index (χ4v) is 1.83. The Bertz CT molecular complexity index is 413. The normalized spacial score (nSPS) is 19.4. The lowest BCUT2D eigenvalue weighted by atomic mass is 10.00. The van der Waals surface area contributed by atoms with Gasteiger partial charge in [-0.05, 0) is 20.8 Å². The predicted octanol–water partition coefficient (Wildman–Crippen LogP) is 2.73. The second-order valence-corrected chi connectivity index (χ2v) is 4.54. The van der Waals surface area contributed by atoms with E-state index in [1.54, 1.807) is 0 Å². The van der Waals surface area contributed by atoms with E-state index in [9.17, 15) is 0 Å². The fourth-order valence-electron chi connectivity index (χ4n) is 1.83. The van der Waals surface area contributed by atoms with Crippen molar-refractivity contribution in [2.75, 3.05) is 6.54 Å². The van der Waals surface area contributed by atoms with Crippen molar-refractivity contribution in [2.45, 2.75) is 26.3 Å². The summed E-state index contributed by atoms with van der Waals surface area (Å²) >= 11 is 0. The quantitative estimate of drug-likeness (QED) is 0.666. The van der Waals surface area contributed by atoms with Crippen LogP contribution in [0.1, 0.15) is 26.3 Å². The molecular weight excluding hydrogens is 184 g/mol. The van der Waals surface area contributed by atoms with Crippen LogP contribution in [0.5, 0.6) is 0 Å². The molecule has 0 atom stereocenters. The van der Waals surface area contributed by atoms with Crippen LogP contribution in [0.2, 0.25) is 0 Å². The van der Waals surface area contributed by atoms with E-state index < -0.39 is 0 Å². The molecule has 78 valence electrons. The van der Waals surface area contributed by atoms with Gasteiger partial charge in [-0.3, -0.25) is 9.98 Å². The summed E-state index contributed by atoms with van der Waals surface area (Å²) in [4.78, 5) is 9.28. The second kappa shape index (κ2) is 3.61. The van der Waals surface area contributed by atoms with Crippen molar-refractivity contribution >= 4 is 11.4 Å². The summed E-state index contributed by atoms with van der Waals surface area (Å²) in [5.41, 5.74) is 3.20. The highest BCUT2D eigenvalue weighted by molar-refractivity contribution is 6.48. The van der Waals surface area contributed by atoms with E-state index in [4.69, 9.17) is 0 Å². The molecule has 2 nitrogen and oxygen atoms in total. The summed E-state index contributed by atoms with van der Waals surface area (Å²) < 4.78 is 0. The van der Waals surface area contributed by atoms with E-state index in [2.05, 4.69) is 36.0 Å². The zero-order valence-electron chi connectivity index (χ0n) is 9.49. The van der Waals surface area contributed by atoms with E-state index in [1.165, 1.54) is 0 Å². The van der Waals surface area contributed by atoms with Crippen molar-refractivity contribution in [3.05, 3.63) is 35.9 Å². The van der Waals surface area contributed by atoms with Gasteiger partial charge in [0.2, 0.25) is 0 Å². The average molecular weight is 200 g/mol. The summed E-state index contributed by atoms with van der Waals surface area (Å²) in [5, 5.41) is 0. The first-order chi connectivity index (χ1) is 7.08. The molecule has 2 heteroatoms. The van der Waals surface area contributed by atoms with Gasteiger partial charge in [0, 0.05) is 5.56 Å². The molecule has 1 aromatic rings. The summed E-state index contributed by atoms with van der Waals surface area (Å²) in [5.74, 6) is 0. The molecule has 0 fully saturated rings. The van der Waals surface area contributed by atoms with Crippen LogP contribution in [0.25, 0.3) is 0 Å². The second-order valence-electron chi connectivity index (χ2n) is 4.54. The van der Waals surface area contributed by atoms with Gasteiger partial charge >= 0.3 is 0 Å². The first kappa shape index (κ1) is 10.1. The Labute approximate surface area is 90.8 Å². The molecule has 1 aliphatic rings. The Morgan fingerprint density at radius 1 is 1.13 bits per heavy atom. The van der Waals surface area contributed by atoms with Crippen LogP contribution in [-0.4, -0.2) is 23.5 Å². The van der Waals surface area contributed by atoms with Gasteiger partial charge in [-0.15, -0.1) is 0 Å². The Kier molecular flexibility index (Phi) is 2.43. The van der Waals surface area contributed by atoms with Gasteiger partial charge in [0.1, 0.15) is 0 Å². The largest absolute Gasteiger partial charge is 0.280 e. The maximum atomic E-state index is 4.66. The topological polar surface area (TPSA) is 24.7 Å². The van der Waals surface area contributed by atoms with Crippen molar-refractivity contribution in [1.82, 2.24) is 0 Å². The number of rotatable bonds is 1. The van der Waals surface area contributed by atoms with Gasteiger partial charge in [0.25, 0.3) is 0 Å². The van der Waals surface area contributed by atoms with Crippen LogP contribution in [-0.2, 0) is 0 Å². The Balaban J connectivity index is 2.35. The number of hydrogen-bond donors (Lipinski definition) is 0. The summed E-state index contributed by atoms with van der Waals surface area (Å²) in [6.07, 6.45) is 0. The van der Waals surface area contributed by atoms with Crippen LogP contribution in [0.15, 0.2) is 40.3 Å². The zero-order valence-corrected chi connectivity index (χ0v) is 9.49. The molecule has 1 aromatic carbocycles. The van der Waals surface area contributed by atoms with Crippen molar-refractivity contribution in [2.24, 2.45) is 9.98 Å². The molecular formula is C13H16N2. The molecule has 0 saturated carbocycles. The minimum absolute atomic E-state index is 0.0393. The molecule has 1 aliphatic heterocycles. The lowest BCUT2D eigenvalue weighted by Crippen LogP contribution is -2.31. The molecule has 0 bridgehead atoms. The Morgan fingerprint density at radius 3 is 2.40 bits per heavy atom. The monoisotopic (exact) mass is 200 g/mol. The van der Waals surface area contributed by atoms with Crippen LogP contribution < -0.4 is 0 Å². The highest BCUT2D eigenvalue weighted by atomic mass is 15.0. The Morgan fingerprint density at radius 2 is 1.80 bits per heavy atom. The van der Waals surface area contributed by atoms with E-state index in [-0.39, 0.29) is 5.54 Å². The third-order valence-electron chi connectivity index (χ3n) is 2.48. The molecule has 15 heavy (non-hydrogen) atoms. The maximum Gasteiger partial charge on any atom is 0.0855 e. The van der Waals surface area contributed by atoms with E-state index in [1.807, 2.05) is 25.1 Å². The third kappa shape index (κ3) is 2.14. The van der Waals surface area contributed by atoms with E-state index in [0.29, 0.717) is 0 Å². The van der Waals surface area contributed by atoms with Gasteiger partial charge < -0.3 is 0 Å². The van der Waals surface area contributed by atoms with Crippen LogP contribution >= 0.6 is 0 Å². The van der Waals surface area contributed by atoms with Gasteiger partial charge in [0.15, 0.2) is 0 Å². The number of aliphatic imine (C=N–C) groups is 2. The number of hydrogen-bond acceptors (Lipinski definition) is 2. The molecule has 0 radical (unpaired) electrons. The predicted molar refractivity (Wildman–Crippen MR) is 65.0 cm³/mol. The minimum atomic E-state index is -0.0393. The molecule has 0 saturated heterocycles. The van der Waals surface area contributed by atoms with E-state index in [0.717, 1.165) is 23.5 Å². The number of nitrogens with zero attached hydrogens (tertiary/aromatic N) is 2. The molecule has 0 aromatic heterocycles. The standard InChI is InChI=1S/C13H16N2/c1-10-12(11-7-5-4-6-8-11)14-9-13(2,3)15-10/h4-8H,9H2,1-3H3. The van der Waals surface area contributed by atoms with Crippen LogP contribution in [0, 0.1) is 0 Å². The summed E-state index contributed by atoms with van der Waals surface area (Å²) in [6.45, 7) is 7.03. The van der Waals surface area contributed by atoms with E-state index >= 15 is 0 Å². The van der Waals surface area contributed by atoms with Gasteiger partial charge in [-0.25, -0.2) is 0 Å². The molecule has 1 heterocycles. The van der Waals surface area contributed by atoms with Crippen molar-refractivity contribution in [1.29, 1.82) is 0 Å². The average Bonchev–Trinajstić information content (AvgIpc) is 2.17. The van der Waals surface area contributed by atoms with Crippen molar-refractivity contribution in [3.8, 4) is 0 Å².